The molecule has 1 aromatic rings. The van der Waals surface area contributed by atoms with Crippen LogP contribution in [0.15, 0.2) is 18.2 Å². The Hall–Kier alpha value is -0.950. The van der Waals surface area contributed by atoms with Gasteiger partial charge in [-0.1, -0.05) is 0 Å². The van der Waals surface area contributed by atoms with Crippen molar-refractivity contribution in [1.82, 2.24) is 0 Å². The number of thioether (sulfide) groups is 2. The van der Waals surface area contributed by atoms with E-state index in [9.17, 15) is 14.5 Å². The van der Waals surface area contributed by atoms with Crippen LogP contribution in [0.5, 0.6) is 0 Å². The van der Waals surface area contributed by atoms with Gasteiger partial charge >= 0.3 is 0 Å². The topological polar surface area (TPSA) is 55.2 Å². The normalized spacial score (nSPS) is 19.5. The van der Waals surface area contributed by atoms with Crippen molar-refractivity contribution >= 4 is 34.9 Å². The second kappa shape index (κ2) is 6.29. The zero-order valence-corrected chi connectivity index (χ0v) is 11.2. The Morgan fingerprint density at radius 3 is 3.00 bits per heavy atom. The van der Waals surface area contributed by atoms with E-state index in [0.717, 1.165) is 23.3 Å². The summed E-state index contributed by atoms with van der Waals surface area (Å²) in [7, 11) is 0. The van der Waals surface area contributed by atoms with Gasteiger partial charge in [0.2, 0.25) is 0 Å². The lowest BCUT2D eigenvalue weighted by atomic mass is 10.2. The van der Waals surface area contributed by atoms with Gasteiger partial charge in [-0.25, -0.2) is 4.39 Å². The van der Waals surface area contributed by atoms with Crippen LogP contribution < -0.4 is 5.32 Å². The van der Waals surface area contributed by atoms with Crippen molar-refractivity contribution in [2.45, 2.75) is 5.25 Å². The summed E-state index contributed by atoms with van der Waals surface area (Å²) in [5.74, 6) is 2.82. The molecule has 1 aromatic carbocycles. The Morgan fingerprint density at radius 2 is 2.33 bits per heavy atom. The predicted molar refractivity (Wildman–Crippen MR) is 75.1 cm³/mol. The van der Waals surface area contributed by atoms with Gasteiger partial charge in [-0.2, -0.15) is 23.5 Å². The van der Waals surface area contributed by atoms with Gasteiger partial charge in [-0.05, 0) is 6.07 Å². The van der Waals surface area contributed by atoms with E-state index in [4.69, 9.17) is 0 Å². The second-order valence-electron chi connectivity index (χ2n) is 3.87. The average molecular weight is 288 g/mol. The molecule has 1 aliphatic heterocycles. The first kappa shape index (κ1) is 13.5. The van der Waals surface area contributed by atoms with Crippen molar-refractivity contribution in [1.29, 1.82) is 0 Å². The third-order valence-corrected chi connectivity index (χ3v) is 5.41. The molecule has 0 saturated carbocycles. The molecule has 1 N–H and O–H groups in total. The largest absolute Gasteiger partial charge is 0.378 e. The molecule has 2 rings (SSSR count). The van der Waals surface area contributed by atoms with E-state index in [-0.39, 0.29) is 11.4 Å². The number of nitrogens with one attached hydrogen (secondary N) is 1. The highest BCUT2D eigenvalue weighted by Crippen LogP contribution is 2.28. The van der Waals surface area contributed by atoms with Crippen LogP contribution in [0.25, 0.3) is 0 Å². The summed E-state index contributed by atoms with van der Waals surface area (Å²) in [6.45, 7) is 0.627. The number of nitro benzene ring substituents is 1. The minimum atomic E-state index is -0.495. The Kier molecular flexibility index (Phi) is 4.71. The van der Waals surface area contributed by atoms with Gasteiger partial charge < -0.3 is 5.32 Å². The standard InChI is InChI=1S/C11H13FN2O2S2/c12-8-1-2-11(14(15)16)10(5-8)13-6-9-7-17-3-4-18-9/h1-2,5,9,13H,3-4,6-7H2. The van der Waals surface area contributed by atoms with E-state index in [2.05, 4.69) is 5.32 Å². The Balaban J connectivity index is 2.03. The van der Waals surface area contributed by atoms with Gasteiger partial charge in [0.25, 0.3) is 5.69 Å². The molecular weight excluding hydrogens is 275 g/mol. The number of benzene rings is 1. The van der Waals surface area contributed by atoms with Crippen molar-refractivity contribution < 1.29 is 9.31 Å². The smallest absolute Gasteiger partial charge is 0.292 e. The molecule has 1 aliphatic rings. The molecule has 0 amide bonds. The zero-order chi connectivity index (χ0) is 13.0. The fourth-order valence-corrected chi connectivity index (χ4v) is 4.30. The predicted octanol–water partition coefficient (Wildman–Crippen LogP) is 2.99. The van der Waals surface area contributed by atoms with Crippen LogP contribution >= 0.6 is 23.5 Å². The van der Waals surface area contributed by atoms with Crippen LogP contribution in [0, 0.1) is 15.9 Å². The van der Waals surface area contributed by atoms with Gasteiger partial charge in [0, 0.05) is 41.2 Å². The first-order valence-corrected chi connectivity index (χ1v) is 7.74. The molecule has 7 heteroatoms. The second-order valence-corrected chi connectivity index (χ2v) is 6.43. The number of hydrogen-bond acceptors (Lipinski definition) is 5. The van der Waals surface area contributed by atoms with E-state index in [0.29, 0.717) is 11.8 Å². The number of hydrogen-bond donors (Lipinski definition) is 1. The van der Waals surface area contributed by atoms with Crippen LogP contribution in [0.4, 0.5) is 15.8 Å². The van der Waals surface area contributed by atoms with Gasteiger partial charge in [0.15, 0.2) is 0 Å². The number of nitrogens with zero attached hydrogens (tertiary/aromatic N) is 1. The van der Waals surface area contributed by atoms with Gasteiger partial charge in [0.05, 0.1) is 4.92 Å². The molecule has 98 valence electrons. The van der Waals surface area contributed by atoms with E-state index < -0.39 is 10.7 Å². The Morgan fingerprint density at radius 1 is 1.50 bits per heavy atom. The van der Waals surface area contributed by atoms with E-state index >= 15 is 0 Å². The van der Waals surface area contributed by atoms with Crippen molar-refractivity contribution in [2.75, 3.05) is 29.1 Å². The van der Waals surface area contributed by atoms with Gasteiger partial charge in [-0.3, -0.25) is 10.1 Å². The summed E-state index contributed by atoms with van der Waals surface area (Å²) in [5.41, 5.74) is 0.182. The number of halogens is 1. The van der Waals surface area contributed by atoms with E-state index in [1.165, 1.54) is 12.1 Å². The minimum Gasteiger partial charge on any atom is -0.378 e. The van der Waals surface area contributed by atoms with E-state index in [1.807, 2.05) is 23.5 Å². The van der Waals surface area contributed by atoms with Crippen molar-refractivity contribution in [3.05, 3.63) is 34.1 Å². The van der Waals surface area contributed by atoms with Gasteiger partial charge in [-0.15, -0.1) is 0 Å². The quantitative estimate of drug-likeness (QED) is 0.682. The SMILES string of the molecule is O=[N+]([O-])c1ccc(F)cc1NCC1CSCCS1. The molecule has 1 heterocycles. The Labute approximate surface area is 113 Å². The maximum atomic E-state index is 13.1. The lowest BCUT2D eigenvalue weighted by molar-refractivity contribution is -0.384. The molecule has 0 spiro atoms. The van der Waals surface area contributed by atoms with Crippen LogP contribution in [0.3, 0.4) is 0 Å². The first-order chi connectivity index (χ1) is 8.66. The average Bonchev–Trinajstić information content (AvgIpc) is 2.37. The summed E-state index contributed by atoms with van der Waals surface area (Å²) < 4.78 is 13.1. The maximum Gasteiger partial charge on any atom is 0.292 e. The van der Waals surface area contributed by atoms with E-state index in [1.54, 1.807) is 0 Å². The minimum absolute atomic E-state index is 0.0788. The monoisotopic (exact) mass is 288 g/mol. The molecule has 4 nitrogen and oxygen atoms in total. The summed E-state index contributed by atoms with van der Waals surface area (Å²) in [6, 6.07) is 3.48. The van der Waals surface area contributed by atoms with Gasteiger partial charge in [0.1, 0.15) is 11.5 Å². The molecule has 1 atom stereocenters. The zero-order valence-electron chi connectivity index (χ0n) is 9.60. The molecule has 1 fully saturated rings. The van der Waals surface area contributed by atoms with Crippen LogP contribution in [-0.2, 0) is 0 Å². The first-order valence-electron chi connectivity index (χ1n) is 5.54. The summed E-state index contributed by atoms with van der Waals surface area (Å²) in [5, 5.41) is 14.2. The fraction of sp³-hybridized carbons (Fsp3) is 0.455. The Bertz CT molecular complexity index is 439. The number of rotatable bonds is 4. The van der Waals surface area contributed by atoms with Crippen LogP contribution in [0.1, 0.15) is 0 Å². The third-order valence-electron chi connectivity index (χ3n) is 2.56. The molecule has 0 aromatic heterocycles. The fourth-order valence-electron chi connectivity index (χ4n) is 1.69. The van der Waals surface area contributed by atoms with Crippen LogP contribution in [-0.4, -0.2) is 34.0 Å². The molecule has 0 radical (unpaired) electrons. The highest BCUT2D eigenvalue weighted by atomic mass is 32.2. The third kappa shape index (κ3) is 3.52. The molecule has 0 bridgehead atoms. The number of anilines is 1. The maximum absolute atomic E-state index is 13.1. The summed E-state index contributed by atoms with van der Waals surface area (Å²) >= 11 is 3.74. The van der Waals surface area contributed by atoms with Crippen molar-refractivity contribution in [3.63, 3.8) is 0 Å². The lowest BCUT2D eigenvalue weighted by Crippen LogP contribution is -2.23. The summed E-state index contributed by atoms with van der Waals surface area (Å²) in [4.78, 5) is 10.3. The summed E-state index contributed by atoms with van der Waals surface area (Å²) in [6.07, 6.45) is 0. The number of nitro groups is 1. The highest BCUT2D eigenvalue weighted by Gasteiger charge is 2.18. The molecule has 1 saturated heterocycles. The highest BCUT2D eigenvalue weighted by molar-refractivity contribution is 8.06. The van der Waals surface area contributed by atoms with Crippen molar-refractivity contribution in [3.8, 4) is 0 Å². The molecule has 18 heavy (non-hydrogen) atoms. The van der Waals surface area contributed by atoms with Crippen molar-refractivity contribution in [2.24, 2.45) is 0 Å². The molecule has 0 aliphatic carbocycles. The molecule has 1 unspecified atom stereocenters. The lowest BCUT2D eigenvalue weighted by Gasteiger charge is -2.21. The van der Waals surface area contributed by atoms with Crippen LogP contribution in [0.2, 0.25) is 0 Å². The molecular formula is C11H13FN2O2S2.